The maximum atomic E-state index is 13.9. The molecular formula is C30H39F3IN5O5S. The Kier molecular flexibility index (Phi) is 13.6. The van der Waals surface area contributed by atoms with Crippen molar-refractivity contribution in [2.75, 3.05) is 33.2 Å². The molecule has 1 heterocycles. The van der Waals surface area contributed by atoms with E-state index in [2.05, 4.69) is 10.0 Å². The van der Waals surface area contributed by atoms with Gasteiger partial charge in [-0.05, 0) is 63.8 Å². The quantitative estimate of drug-likeness (QED) is 0.163. The second-order valence-corrected chi connectivity index (χ2v) is 14.2. The molecule has 0 bridgehead atoms. The Morgan fingerprint density at radius 3 is 2.29 bits per heavy atom. The monoisotopic (exact) mass is 765 g/mol. The van der Waals surface area contributed by atoms with E-state index in [1.54, 1.807) is 65.6 Å². The van der Waals surface area contributed by atoms with Gasteiger partial charge in [-0.2, -0.15) is 13.2 Å². The van der Waals surface area contributed by atoms with E-state index < -0.39 is 52.0 Å². The Morgan fingerprint density at radius 1 is 1.07 bits per heavy atom. The highest BCUT2D eigenvalue weighted by Crippen LogP contribution is 2.24. The number of likely N-dealkylation sites (N-methyl/N-ethyl adjacent to an activating group) is 1. The van der Waals surface area contributed by atoms with Crippen LogP contribution < -0.4 is 10.0 Å². The van der Waals surface area contributed by atoms with Gasteiger partial charge in [-0.15, -0.1) is 0 Å². The average Bonchev–Trinajstić information content (AvgIpc) is 3.48. The number of hydrogen-bond acceptors (Lipinski definition) is 6. The van der Waals surface area contributed by atoms with Crippen molar-refractivity contribution in [2.45, 2.75) is 68.2 Å². The molecule has 1 fully saturated rings. The molecule has 1 saturated heterocycles. The third-order valence-electron chi connectivity index (χ3n) is 7.68. The van der Waals surface area contributed by atoms with Gasteiger partial charge in [0.05, 0.1) is 10.9 Å². The number of likely N-dealkylation sites (tertiary alicyclic amines) is 1. The highest BCUT2D eigenvalue weighted by atomic mass is 127. The van der Waals surface area contributed by atoms with Crippen LogP contribution in [0.15, 0.2) is 65.6 Å². The van der Waals surface area contributed by atoms with Gasteiger partial charge in [0, 0.05) is 55.1 Å². The Hall–Kier alpha value is -2.76. The van der Waals surface area contributed by atoms with E-state index >= 15 is 0 Å². The van der Waals surface area contributed by atoms with Crippen LogP contribution >= 0.6 is 22.9 Å². The Balaban J connectivity index is 1.73. The highest BCUT2D eigenvalue weighted by molar-refractivity contribution is 14.1. The van der Waals surface area contributed by atoms with Crippen LogP contribution in [0.4, 0.5) is 13.2 Å². The summed E-state index contributed by atoms with van der Waals surface area (Å²) < 4.78 is 70.0. The summed E-state index contributed by atoms with van der Waals surface area (Å²) in [6, 6.07) is 14.3. The number of carbonyl (C=O) groups excluding carboxylic acids is 3. The first-order valence-electron chi connectivity index (χ1n) is 14.6. The van der Waals surface area contributed by atoms with Crippen molar-refractivity contribution in [1.82, 2.24) is 23.0 Å². The standard InChI is InChI=1S/C30H39F3IN5O5S/c1-22(37(2)34)27(40)36-26(16-9-18-35-45(43,44)25-14-7-4-8-15-25)28(41)39-19-10-13-24(39)21-38(29(42)30(31,32)33)20-17-23-11-5-3-6-12-23/h3-8,11-12,14-15,22,24,26,35H,9-10,13,16-21H2,1-2H3,(H,36,40)/t22-,24-,26-/m0/s1. The van der Waals surface area contributed by atoms with Gasteiger partial charge in [-0.3, -0.25) is 14.4 Å². The van der Waals surface area contributed by atoms with Gasteiger partial charge in [0.25, 0.3) is 0 Å². The molecule has 45 heavy (non-hydrogen) atoms. The Bertz CT molecular complexity index is 1380. The average molecular weight is 766 g/mol. The van der Waals surface area contributed by atoms with E-state index in [0.717, 1.165) is 10.5 Å². The second-order valence-electron chi connectivity index (χ2n) is 10.9. The topological polar surface area (TPSA) is 119 Å². The number of carbonyl (C=O) groups is 3. The third kappa shape index (κ3) is 10.9. The van der Waals surface area contributed by atoms with Gasteiger partial charge in [-0.25, -0.2) is 16.3 Å². The van der Waals surface area contributed by atoms with E-state index in [9.17, 15) is 36.0 Å². The molecule has 0 aromatic heterocycles. The summed E-state index contributed by atoms with van der Waals surface area (Å²) in [4.78, 5) is 41.5. The van der Waals surface area contributed by atoms with Crippen LogP contribution in [-0.2, 0) is 30.8 Å². The summed E-state index contributed by atoms with van der Waals surface area (Å²) in [5.74, 6) is -2.88. The van der Waals surface area contributed by atoms with Gasteiger partial charge in [0.1, 0.15) is 6.04 Å². The number of hydrogen-bond donors (Lipinski definition) is 2. The maximum Gasteiger partial charge on any atom is 0.471 e. The lowest BCUT2D eigenvalue weighted by Gasteiger charge is -2.34. The number of amides is 3. The summed E-state index contributed by atoms with van der Waals surface area (Å²) >= 11 is 1.95. The molecule has 2 aromatic carbocycles. The summed E-state index contributed by atoms with van der Waals surface area (Å²) in [6.45, 7) is 1.42. The van der Waals surface area contributed by atoms with E-state index in [1.807, 2.05) is 22.9 Å². The maximum absolute atomic E-state index is 13.9. The molecule has 248 valence electrons. The number of nitrogens with zero attached hydrogens (tertiary/aromatic N) is 3. The van der Waals surface area contributed by atoms with Crippen LogP contribution in [0.25, 0.3) is 0 Å². The molecule has 15 heteroatoms. The van der Waals surface area contributed by atoms with Crippen molar-refractivity contribution >= 4 is 50.6 Å². The molecule has 3 atom stereocenters. The Morgan fingerprint density at radius 2 is 1.69 bits per heavy atom. The molecule has 2 aromatic rings. The van der Waals surface area contributed by atoms with Crippen molar-refractivity contribution in [1.29, 1.82) is 0 Å². The first-order chi connectivity index (χ1) is 21.2. The molecule has 0 spiro atoms. The van der Waals surface area contributed by atoms with E-state index in [0.29, 0.717) is 12.8 Å². The number of nitrogens with one attached hydrogen (secondary N) is 2. The van der Waals surface area contributed by atoms with Crippen LogP contribution in [0.2, 0.25) is 0 Å². The van der Waals surface area contributed by atoms with Gasteiger partial charge >= 0.3 is 12.1 Å². The van der Waals surface area contributed by atoms with Crippen molar-refractivity contribution in [3.8, 4) is 0 Å². The normalized spacial score (nSPS) is 16.8. The Labute approximate surface area is 276 Å². The smallest absolute Gasteiger partial charge is 0.343 e. The zero-order chi connectivity index (χ0) is 33.2. The van der Waals surface area contributed by atoms with Crippen molar-refractivity contribution in [2.24, 2.45) is 0 Å². The van der Waals surface area contributed by atoms with Crippen LogP contribution in [0.5, 0.6) is 0 Å². The fraction of sp³-hybridized carbons (Fsp3) is 0.500. The molecule has 0 radical (unpaired) electrons. The van der Waals surface area contributed by atoms with E-state index in [1.165, 1.54) is 17.0 Å². The van der Waals surface area contributed by atoms with Gasteiger partial charge in [0.15, 0.2) is 0 Å². The molecular weight excluding hydrogens is 726 g/mol. The minimum atomic E-state index is -5.07. The fourth-order valence-corrected chi connectivity index (χ4v) is 6.39. The van der Waals surface area contributed by atoms with E-state index in [4.69, 9.17) is 0 Å². The first kappa shape index (κ1) is 36.7. The predicted molar refractivity (Wildman–Crippen MR) is 172 cm³/mol. The molecule has 0 unspecified atom stereocenters. The number of sulfonamides is 1. The highest BCUT2D eigenvalue weighted by Gasteiger charge is 2.44. The molecule has 1 aliphatic heterocycles. The second kappa shape index (κ2) is 16.7. The molecule has 10 nitrogen and oxygen atoms in total. The molecule has 1 aliphatic rings. The van der Waals surface area contributed by atoms with Gasteiger partial charge in [-0.1, -0.05) is 48.5 Å². The lowest BCUT2D eigenvalue weighted by Crippen LogP contribution is -2.55. The number of rotatable bonds is 15. The minimum Gasteiger partial charge on any atom is -0.343 e. The molecule has 3 rings (SSSR count). The van der Waals surface area contributed by atoms with Crippen molar-refractivity contribution in [3.05, 3.63) is 66.2 Å². The van der Waals surface area contributed by atoms with Crippen molar-refractivity contribution in [3.63, 3.8) is 0 Å². The van der Waals surface area contributed by atoms with Crippen LogP contribution in [0.1, 0.15) is 38.2 Å². The zero-order valence-electron chi connectivity index (χ0n) is 25.2. The predicted octanol–water partition coefficient (Wildman–Crippen LogP) is 3.52. The first-order valence-corrected chi connectivity index (χ1v) is 17.1. The van der Waals surface area contributed by atoms with Crippen molar-refractivity contribution < 1.29 is 36.0 Å². The molecule has 3 amide bonds. The third-order valence-corrected chi connectivity index (χ3v) is 9.99. The van der Waals surface area contributed by atoms with Crippen LogP contribution in [-0.4, -0.2) is 96.6 Å². The minimum absolute atomic E-state index is 0.00457. The zero-order valence-corrected chi connectivity index (χ0v) is 28.1. The van der Waals surface area contributed by atoms with Gasteiger partial charge in [0.2, 0.25) is 21.8 Å². The lowest BCUT2D eigenvalue weighted by molar-refractivity contribution is -0.186. The summed E-state index contributed by atoms with van der Waals surface area (Å²) in [7, 11) is -2.09. The largest absolute Gasteiger partial charge is 0.471 e. The molecule has 0 aliphatic carbocycles. The summed E-state index contributed by atoms with van der Waals surface area (Å²) in [5.41, 5.74) is 0.775. The molecule has 0 saturated carbocycles. The SMILES string of the molecule is C[C@@H](C(=O)N[C@@H](CCCNS(=O)(=O)c1ccccc1)C(=O)N1CCC[C@H]1CN(CCc1ccccc1)C(=O)C(F)(F)F)N(C)I. The van der Waals surface area contributed by atoms with Crippen LogP contribution in [0, 0.1) is 0 Å². The van der Waals surface area contributed by atoms with Gasteiger partial charge < -0.3 is 15.1 Å². The molecule has 2 N–H and O–H groups in total. The summed E-state index contributed by atoms with van der Waals surface area (Å²) in [6.07, 6.45) is -3.66. The number of benzene rings is 2. The lowest BCUT2D eigenvalue weighted by atomic mass is 10.1. The van der Waals surface area contributed by atoms with E-state index in [-0.39, 0.29) is 50.3 Å². The number of halogens is 4. The number of alkyl halides is 3. The fourth-order valence-electron chi connectivity index (χ4n) is 5.04. The summed E-state index contributed by atoms with van der Waals surface area (Å²) in [5, 5.41) is 2.76. The van der Waals surface area contributed by atoms with Crippen LogP contribution in [0.3, 0.4) is 0 Å².